The number of nitrogens with one attached hydrogen (secondary N) is 2. The molecule has 0 unspecified atom stereocenters. The number of rotatable bonds is 4. The summed E-state index contributed by atoms with van der Waals surface area (Å²) in [6.45, 7) is 0. The third-order valence-electron chi connectivity index (χ3n) is 4.55. The van der Waals surface area contributed by atoms with Gasteiger partial charge in [-0.1, -0.05) is 6.42 Å². The fourth-order valence-electron chi connectivity index (χ4n) is 3.48. The van der Waals surface area contributed by atoms with Crippen molar-refractivity contribution in [2.45, 2.75) is 31.7 Å². The van der Waals surface area contributed by atoms with Gasteiger partial charge in [-0.2, -0.15) is 5.10 Å². The van der Waals surface area contributed by atoms with Gasteiger partial charge in [-0.25, -0.2) is 0 Å². The number of ether oxygens (including phenoxy) is 1. The standard InChI is InChI=1S/C16H21N3OS/c1-20-14-6-3-11(4-7-14)10-17-19-16(21)18-15-9-12-2-5-13(15)8-12/h3-4,6-7,10,12-13,15H,2,5,8-9H2,1H3,(H2,18,19,21)/b17-10-/t12-,13+,15-/m0/s1. The zero-order valence-corrected chi connectivity index (χ0v) is 13.0. The van der Waals surface area contributed by atoms with Crippen LogP contribution in [0.3, 0.4) is 0 Å². The number of fused-ring (bicyclic) bond motifs is 2. The molecule has 2 fully saturated rings. The van der Waals surface area contributed by atoms with Gasteiger partial charge in [0.15, 0.2) is 5.11 Å². The number of nitrogens with zero attached hydrogens (tertiary/aromatic N) is 1. The first-order chi connectivity index (χ1) is 10.2. The second-order valence-corrected chi connectivity index (χ2v) is 6.31. The monoisotopic (exact) mass is 303 g/mol. The summed E-state index contributed by atoms with van der Waals surface area (Å²) >= 11 is 5.31. The van der Waals surface area contributed by atoms with Gasteiger partial charge in [-0.15, -0.1) is 0 Å². The molecule has 0 radical (unpaired) electrons. The molecule has 0 amide bonds. The number of hydrazone groups is 1. The van der Waals surface area contributed by atoms with Crippen LogP contribution in [0.2, 0.25) is 0 Å². The van der Waals surface area contributed by atoms with Crippen molar-refractivity contribution in [3.8, 4) is 5.75 Å². The van der Waals surface area contributed by atoms with E-state index in [9.17, 15) is 0 Å². The first-order valence-electron chi connectivity index (χ1n) is 7.48. The Morgan fingerprint density at radius 2 is 2.10 bits per heavy atom. The third kappa shape index (κ3) is 3.53. The van der Waals surface area contributed by atoms with Crippen LogP contribution < -0.4 is 15.5 Å². The lowest BCUT2D eigenvalue weighted by molar-refractivity contribution is 0.389. The molecule has 5 heteroatoms. The molecule has 0 heterocycles. The number of hydrogen-bond donors (Lipinski definition) is 2. The van der Waals surface area contributed by atoms with E-state index < -0.39 is 0 Å². The average molecular weight is 303 g/mol. The van der Waals surface area contributed by atoms with Gasteiger partial charge in [0, 0.05) is 6.04 Å². The van der Waals surface area contributed by atoms with E-state index in [1.807, 2.05) is 24.3 Å². The Kier molecular flexibility index (Phi) is 4.39. The smallest absolute Gasteiger partial charge is 0.187 e. The van der Waals surface area contributed by atoms with Crippen LogP contribution in [0.5, 0.6) is 5.75 Å². The highest BCUT2D eigenvalue weighted by Gasteiger charge is 2.39. The Morgan fingerprint density at radius 3 is 2.71 bits per heavy atom. The Labute approximate surface area is 131 Å². The number of thiocarbonyl (C=S) groups is 1. The molecule has 0 aromatic heterocycles. The van der Waals surface area contributed by atoms with Gasteiger partial charge in [0.1, 0.15) is 5.75 Å². The molecule has 2 aliphatic carbocycles. The molecule has 1 aromatic rings. The fourth-order valence-corrected chi connectivity index (χ4v) is 3.68. The van der Waals surface area contributed by atoms with Crippen molar-refractivity contribution in [3.63, 3.8) is 0 Å². The molecular formula is C16H21N3OS. The van der Waals surface area contributed by atoms with Crippen molar-refractivity contribution >= 4 is 23.5 Å². The molecule has 3 atom stereocenters. The van der Waals surface area contributed by atoms with E-state index in [2.05, 4.69) is 15.8 Å². The molecule has 2 N–H and O–H groups in total. The van der Waals surface area contributed by atoms with E-state index >= 15 is 0 Å². The van der Waals surface area contributed by atoms with Crippen molar-refractivity contribution in [2.24, 2.45) is 16.9 Å². The maximum absolute atomic E-state index is 5.31. The highest BCUT2D eigenvalue weighted by atomic mass is 32.1. The first kappa shape index (κ1) is 14.3. The molecule has 2 bridgehead atoms. The van der Waals surface area contributed by atoms with Gasteiger partial charge in [-0.3, -0.25) is 5.43 Å². The summed E-state index contributed by atoms with van der Waals surface area (Å²) in [6.07, 6.45) is 7.14. The van der Waals surface area contributed by atoms with Crippen LogP contribution in [0.1, 0.15) is 31.2 Å². The minimum absolute atomic E-state index is 0.542. The van der Waals surface area contributed by atoms with Gasteiger partial charge >= 0.3 is 0 Å². The molecule has 2 saturated carbocycles. The Bertz CT molecular complexity index is 529. The Balaban J connectivity index is 1.45. The van der Waals surface area contributed by atoms with E-state index in [0.29, 0.717) is 11.2 Å². The van der Waals surface area contributed by atoms with E-state index in [4.69, 9.17) is 17.0 Å². The third-order valence-corrected chi connectivity index (χ3v) is 4.76. The average Bonchev–Trinajstić information content (AvgIpc) is 3.10. The van der Waals surface area contributed by atoms with Gasteiger partial charge in [0.25, 0.3) is 0 Å². The minimum atomic E-state index is 0.542. The summed E-state index contributed by atoms with van der Waals surface area (Å²) in [7, 11) is 1.66. The quantitative estimate of drug-likeness (QED) is 0.510. The SMILES string of the molecule is COc1ccc(/C=N\NC(=S)N[C@H]2C[C@H]3CC[C@@H]2C3)cc1. The van der Waals surface area contributed by atoms with Crippen molar-refractivity contribution in [2.75, 3.05) is 7.11 Å². The number of methoxy groups -OCH3 is 1. The van der Waals surface area contributed by atoms with Crippen LogP contribution in [0.15, 0.2) is 29.4 Å². The highest BCUT2D eigenvalue weighted by molar-refractivity contribution is 7.80. The van der Waals surface area contributed by atoms with Crippen molar-refractivity contribution in [1.29, 1.82) is 0 Å². The summed E-state index contributed by atoms with van der Waals surface area (Å²) in [5.74, 6) is 2.56. The van der Waals surface area contributed by atoms with Gasteiger partial charge in [0.2, 0.25) is 0 Å². The normalized spacial score (nSPS) is 27.0. The van der Waals surface area contributed by atoms with Gasteiger partial charge in [0.05, 0.1) is 13.3 Å². The second-order valence-electron chi connectivity index (χ2n) is 5.90. The summed E-state index contributed by atoms with van der Waals surface area (Å²) in [4.78, 5) is 0. The number of hydrogen-bond acceptors (Lipinski definition) is 3. The fraction of sp³-hybridized carbons (Fsp3) is 0.500. The first-order valence-corrected chi connectivity index (χ1v) is 7.89. The van der Waals surface area contributed by atoms with Crippen LogP contribution in [0.25, 0.3) is 0 Å². The lowest BCUT2D eigenvalue weighted by Gasteiger charge is -2.23. The Morgan fingerprint density at radius 1 is 1.29 bits per heavy atom. The molecule has 4 nitrogen and oxygen atoms in total. The molecule has 0 saturated heterocycles. The van der Waals surface area contributed by atoms with Gasteiger partial charge < -0.3 is 10.1 Å². The van der Waals surface area contributed by atoms with Crippen molar-refractivity contribution in [3.05, 3.63) is 29.8 Å². The van der Waals surface area contributed by atoms with Crippen LogP contribution in [-0.2, 0) is 0 Å². The maximum Gasteiger partial charge on any atom is 0.187 e. The lowest BCUT2D eigenvalue weighted by Crippen LogP contribution is -2.42. The van der Waals surface area contributed by atoms with E-state index in [-0.39, 0.29) is 0 Å². The summed E-state index contributed by atoms with van der Waals surface area (Å²) < 4.78 is 5.12. The summed E-state index contributed by atoms with van der Waals surface area (Å²) in [5.41, 5.74) is 3.91. The van der Waals surface area contributed by atoms with Crippen LogP contribution >= 0.6 is 12.2 Å². The molecular weight excluding hydrogens is 282 g/mol. The summed E-state index contributed by atoms with van der Waals surface area (Å²) in [6, 6.07) is 8.27. The molecule has 0 aliphatic heterocycles. The van der Waals surface area contributed by atoms with Crippen molar-refractivity contribution in [1.82, 2.24) is 10.7 Å². The van der Waals surface area contributed by atoms with Crippen molar-refractivity contribution < 1.29 is 4.74 Å². The molecule has 2 aliphatic rings. The second kappa shape index (κ2) is 6.43. The van der Waals surface area contributed by atoms with E-state index in [1.165, 1.54) is 25.7 Å². The zero-order valence-electron chi connectivity index (χ0n) is 12.2. The number of benzene rings is 1. The molecule has 1 aromatic carbocycles. The zero-order chi connectivity index (χ0) is 14.7. The van der Waals surface area contributed by atoms with Crippen LogP contribution in [0.4, 0.5) is 0 Å². The van der Waals surface area contributed by atoms with Gasteiger partial charge in [-0.05, 0) is 73.1 Å². The molecule has 3 rings (SSSR count). The summed E-state index contributed by atoms with van der Waals surface area (Å²) in [5, 5.41) is 8.21. The lowest BCUT2D eigenvalue weighted by atomic mass is 9.96. The molecule has 0 spiro atoms. The Hall–Kier alpha value is -1.62. The van der Waals surface area contributed by atoms with Crippen LogP contribution in [0, 0.1) is 11.8 Å². The molecule has 112 valence electrons. The minimum Gasteiger partial charge on any atom is -0.497 e. The maximum atomic E-state index is 5.31. The largest absolute Gasteiger partial charge is 0.497 e. The van der Waals surface area contributed by atoms with E-state index in [1.54, 1.807) is 13.3 Å². The predicted molar refractivity (Wildman–Crippen MR) is 88.7 cm³/mol. The molecule has 21 heavy (non-hydrogen) atoms. The van der Waals surface area contributed by atoms with E-state index in [0.717, 1.165) is 23.1 Å². The topological polar surface area (TPSA) is 45.6 Å². The van der Waals surface area contributed by atoms with Crippen LogP contribution in [-0.4, -0.2) is 24.5 Å². The predicted octanol–water partition coefficient (Wildman–Crippen LogP) is 2.68. The highest BCUT2D eigenvalue weighted by Crippen LogP contribution is 2.44.